The lowest BCUT2D eigenvalue weighted by Gasteiger charge is -2.26. The largest absolute Gasteiger partial charge is 0.493 e. The first-order valence-corrected chi connectivity index (χ1v) is 10.9. The second-order valence-electron chi connectivity index (χ2n) is 6.84. The van der Waals surface area contributed by atoms with Gasteiger partial charge in [-0.2, -0.15) is 0 Å². The third-order valence-corrected chi connectivity index (χ3v) is 6.03. The zero-order valence-corrected chi connectivity index (χ0v) is 17.7. The normalized spacial score (nSPS) is 15.3. The Morgan fingerprint density at radius 1 is 1.37 bits per heavy atom. The molecule has 0 fully saturated rings. The van der Waals surface area contributed by atoms with Crippen LogP contribution in [0.25, 0.3) is 10.9 Å². The van der Waals surface area contributed by atoms with E-state index in [9.17, 15) is 9.59 Å². The molecule has 0 saturated heterocycles. The molecule has 8 heteroatoms. The number of allylic oxidation sites excluding steroid dienone is 1. The van der Waals surface area contributed by atoms with E-state index >= 15 is 0 Å². The summed E-state index contributed by atoms with van der Waals surface area (Å²) in [5, 5.41) is 4.50. The fraction of sp³-hybridized carbons (Fsp3) is 0.227. The number of hydrogen-bond donors (Lipinski definition) is 1. The molecule has 1 unspecified atom stereocenters. The first kappa shape index (κ1) is 20.5. The number of aromatic nitrogens is 2. The molecular weight excluding hydrogens is 422 g/mol. The van der Waals surface area contributed by atoms with Crippen LogP contribution in [0.15, 0.2) is 65.1 Å². The molecular formula is C22H20ClN3O3S. The third kappa shape index (κ3) is 4.22. The van der Waals surface area contributed by atoms with Crippen molar-refractivity contribution in [3.63, 3.8) is 0 Å². The molecule has 0 bridgehead atoms. The second-order valence-corrected chi connectivity index (χ2v) is 8.22. The van der Waals surface area contributed by atoms with Crippen molar-refractivity contribution in [1.29, 1.82) is 0 Å². The van der Waals surface area contributed by atoms with Crippen LogP contribution in [0, 0.1) is 0 Å². The second kappa shape index (κ2) is 8.93. The molecule has 6 nitrogen and oxygen atoms in total. The number of hydrogen-bond acceptors (Lipinski definition) is 5. The van der Waals surface area contributed by atoms with Crippen molar-refractivity contribution in [2.24, 2.45) is 0 Å². The van der Waals surface area contributed by atoms with Crippen molar-refractivity contribution in [3.8, 4) is 5.75 Å². The van der Waals surface area contributed by atoms with Gasteiger partial charge in [-0.25, -0.2) is 4.98 Å². The van der Waals surface area contributed by atoms with Gasteiger partial charge in [-0.05, 0) is 24.3 Å². The molecule has 0 aliphatic carbocycles. The predicted octanol–water partition coefficient (Wildman–Crippen LogP) is 3.97. The van der Waals surface area contributed by atoms with Crippen LogP contribution in [0.3, 0.4) is 0 Å². The Bertz CT molecular complexity index is 1180. The average Bonchev–Trinajstić information content (AvgIpc) is 2.74. The number of ether oxygens (including phenoxy) is 1. The number of carbonyl (C=O) groups is 1. The van der Waals surface area contributed by atoms with Crippen LogP contribution >= 0.6 is 23.4 Å². The molecule has 2 aromatic carbocycles. The maximum absolute atomic E-state index is 12.9. The van der Waals surface area contributed by atoms with Crippen LogP contribution in [-0.4, -0.2) is 27.8 Å². The molecule has 1 amide bonds. The first-order valence-electron chi connectivity index (χ1n) is 9.51. The highest BCUT2D eigenvalue weighted by atomic mass is 35.5. The molecule has 0 saturated carbocycles. The van der Waals surface area contributed by atoms with E-state index in [4.69, 9.17) is 16.3 Å². The number of amides is 1. The van der Waals surface area contributed by atoms with Gasteiger partial charge in [0.15, 0.2) is 5.16 Å². The maximum Gasteiger partial charge on any atom is 0.262 e. The summed E-state index contributed by atoms with van der Waals surface area (Å²) < 4.78 is 7.16. The van der Waals surface area contributed by atoms with Crippen LogP contribution in [0.1, 0.15) is 18.0 Å². The Balaban J connectivity index is 1.53. The highest BCUT2D eigenvalue weighted by molar-refractivity contribution is 7.99. The summed E-state index contributed by atoms with van der Waals surface area (Å²) in [6, 6.07) is 12.6. The van der Waals surface area contributed by atoms with Gasteiger partial charge in [-0.1, -0.05) is 47.6 Å². The fourth-order valence-electron chi connectivity index (χ4n) is 3.43. The van der Waals surface area contributed by atoms with Crippen LogP contribution in [-0.2, 0) is 11.3 Å². The lowest BCUT2D eigenvalue weighted by molar-refractivity contribution is -0.119. The molecule has 1 aliphatic rings. The first-order chi connectivity index (χ1) is 14.6. The van der Waals surface area contributed by atoms with E-state index in [1.165, 1.54) is 16.3 Å². The molecule has 154 valence electrons. The summed E-state index contributed by atoms with van der Waals surface area (Å²) in [6.07, 6.45) is 2.34. The number of carbonyl (C=O) groups excluding carboxylic acids is 1. The molecule has 30 heavy (non-hydrogen) atoms. The van der Waals surface area contributed by atoms with Crippen LogP contribution in [0.4, 0.5) is 0 Å². The van der Waals surface area contributed by atoms with Gasteiger partial charge in [0.2, 0.25) is 5.91 Å². The molecule has 3 aromatic rings. The molecule has 2 heterocycles. The van der Waals surface area contributed by atoms with Crippen molar-refractivity contribution in [3.05, 3.63) is 76.1 Å². The predicted molar refractivity (Wildman–Crippen MR) is 119 cm³/mol. The number of para-hydroxylation sites is 1. The summed E-state index contributed by atoms with van der Waals surface area (Å²) in [6.45, 7) is 4.58. The summed E-state index contributed by atoms with van der Waals surface area (Å²) in [7, 11) is 0. The molecule has 0 spiro atoms. The van der Waals surface area contributed by atoms with Gasteiger partial charge in [-0.15, -0.1) is 6.58 Å². The van der Waals surface area contributed by atoms with E-state index in [0.29, 0.717) is 40.7 Å². The number of halogens is 1. The Morgan fingerprint density at radius 2 is 2.20 bits per heavy atom. The highest BCUT2D eigenvalue weighted by Gasteiger charge is 2.23. The van der Waals surface area contributed by atoms with Gasteiger partial charge in [0.05, 0.1) is 29.3 Å². The third-order valence-electron chi connectivity index (χ3n) is 4.82. The summed E-state index contributed by atoms with van der Waals surface area (Å²) in [5.74, 6) is 0.803. The van der Waals surface area contributed by atoms with Gasteiger partial charge in [0, 0.05) is 23.6 Å². The van der Waals surface area contributed by atoms with Gasteiger partial charge < -0.3 is 10.1 Å². The monoisotopic (exact) mass is 441 g/mol. The Hall–Kier alpha value is -2.77. The van der Waals surface area contributed by atoms with Crippen molar-refractivity contribution in [1.82, 2.24) is 14.9 Å². The van der Waals surface area contributed by atoms with Gasteiger partial charge in [-0.3, -0.25) is 14.2 Å². The maximum atomic E-state index is 12.9. The van der Waals surface area contributed by atoms with Crippen LogP contribution in [0.5, 0.6) is 5.75 Å². The summed E-state index contributed by atoms with van der Waals surface area (Å²) >= 11 is 7.27. The minimum absolute atomic E-state index is 0.0956. The fourth-order valence-corrected chi connectivity index (χ4v) is 4.42. The Kier molecular flexibility index (Phi) is 6.11. The van der Waals surface area contributed by atoms with Gasteiger partial charge in [0.25, 0.3) is 5.56 Å². The Labute approximate surface area is 182 Å². The molecule has 4 rings (SSSR count). The van der Waals surface area contributed by atoms with Crippen LogP contribution in [0.2, 0.25) is 5.02 Å². The van der Waals surface area contributed by atoms with E-state index in [1.807, 2.05) is 24.3 Å². The molecule has 0 radical (unpaired) electrons. The Morgan fingerprint density at radius 3 is 3.03 bits per heavy atom. The number of fused-ring (bicyclic) bond motifs is 2. The number of thioether (sulfide) groups is 1. The van der Waals surface area contributed by atoms with E-state index in [-0.39, 0.29) is 23.3 Å². The van der Waals surface area contributed by atoms with Crippen LogP contribution < -0.4 is 15.6 Å². The zero-order chi connectivity index (χ0) is 21.1. The van der Waals surface area contributed by atoms with Crippen molar-refractivity contribution in [2.75, 3.05) is 12.4 Å². The summed E-state index contributed by atoms with van der Waals surface area (Å²) in [4.78, 5) is 30.1. The average molecular weight is 442 g/mol. The van der Waals surface area contributed by atoms with E-state index in [1.54, 1.807) is 24.3 Å². The quantitative estimate of drug-likeness (QED) is 0.356. The highest BCUT2D eigenvalue weighted by Crippen LogP contribution is 2.31. The summed E-state index contributed by atoms with van der Waals surface area (Å²) in [5.41, 5.74) is 1.30. The molecule has 1 aromatic heterocycles. The molecule has 1 N–H and O–H groups in total. The van der Waals surface area contributed by atoms with E-state index in [0.717, 1.165) is 11.3 Å². The van der Waals surface area contributed by atoms with E-state index < -0.39 is 0 Å². The SMILES string of the molecule is C=CCn1c(SCC(=O)NC2CCOc3ccccc32)nc2cc(Cl)ccc2c1=O. The topological polar surface area (TPSA) is 73.2 Å². The number of rotatable bonds is 6. The van der Waals surface area contributed by atoms with Crippen molar-refractivity contribution in [2.45, 2.75) is 24.2 Å². The smallest absolute Gasteiger partial charge is 0.262 e. The van der Waals surface area contributed by atoms with Gasteiger partial charge >= 0.3 is 0 Å². The minimum atomic E-state index is -0.183. The van der Waals surface area contributed by atoms with Crippen molar-refractivity contribution >= 4 is 40.2 Å². The van der Waals surface area contributed by atoms with Gasteiger partial charge in [0.1, 0.15) is 5.75 Å². The number of nitrogens with zero attached hydrogens (tertiary/aromatic N) is 2. The molecule has 1 atom stereocenters. The molecule has 1 aliphatic heterocycles. The number of nitrogens with one attached hydrogen (secondary N) is 1. The standard InChI is InChI=1S/C22H20ClN3O3S/c1-2-10-26-21(28)16-8-7-14(23)12-18(16)25-22(26)30-13-20(27)24-17-9-11-29-19-6-4-3-5-15(17)19/h2-8,12,17H,1,9-11,13H2,(H,24,27). The lowest BCUT2D eigenvalue weighted by Crippen LogP contribution is -2.33. The minimum Gasteiger partial charge on any atom is -0.493 e. The lowest BCUT2D eigenvalue weighted by atomic mass is 10.0. The number of benzene rings is 2. The van der Waals surface area contributed by atoms with Crippen molar-refractivity contribution < 1.29 is 9.53 Å². The zero-order valence-electron chi connectivity index (χ0n) is 16.1. The van der Waals surface area contributed by atoms with E-state index in [2.05, 4.69) is 16.9 Å².